The Bertz CT molecular complexity index is 1200. The molecule has 0 saturated carbocycles. The summed E-state index contributed by atoms with van der Waals surface area (Å²) in [7, 11) is 0. The molecule has 0 radical (unpaired) electrons. The Morgan fingerprint density at radius 1 is 1.03 bits per heavy atom. The fraction of sp³-hybridized carbons (Fsp3) is 0.261. The van der Waals surface area contributed by atoms with Gasteiger partial charge in [0.15, 0.2) is 16.6 Å². The maximum absolute atomic E-state index is 13.0. The highest BCUT2D eigenvalue weighted by Gasteiger charge is 2.22. The minimum absolute atomic E-state index is 0.119. The predicted molar refractivity (Wildman–Crippen MR) is 127 cm³/mol. The first-order valence-corrected chi connectivity index (χ1v) is 11.4. The summed E-state index contributed by atoms with van der Waals surface area (Å²) in [6, 6.07) is 13.0. The Labute approximate surface area is 194 Å². The molecule has 9 nitrogen and oxygen atoms in total. The van der Waals surface area contributed by atoms with E-state index in [4.69, 9.17) is 15.2 Å². The predicted octanol–water partition coefficient (Wildman–Crippen LogP) is 3.10. The molecule has 0 atom stereocenters. The summed E-state index contributed by atoms with van der Waals surface area (Å²) in [5.74, 6) is 1.26. The van der Waals surface area contributed by atoms with Crippen molar-refractivity contribution in [2.24, 2.45) is 0 Å². The van der Waals surface area contributed by atoms with Gasteiger partial charge in [0.25, 0.3) is 0 Å². The second-order valence-corrected chi connectivity index (χ2v) is 8.79. The number of aromatic nitrogens is 1. The molecule has 5 rings (SSSR count). The van der Waals surface area contributed by atoms with Crippen molar-refractivity contribution in [1.29, 1.82) is 0 Å². The van der Waals surface area contributed by atoms with Crippen LogP contribution in [0.1, 0.15) is 22.2 Å². The van der Waals surface area contributed by atoms with E-state index in [9.17, 15) is 9.59 Å². The zero-order valence-corrected chi connectivity index (χ0v) is 18.9. The minimum atomic E-state index is -0.212. The van der Waals surface area contributed by atoms with E-state index < -0.39 is 0 Å². The summed E-state index contributed by atoms with van der Waals surface area (Å²) >= 11 is 1.21. The van der Waals surface area contributed by atoms with E-state index in [0.29, 0.717) is 27.1 Å². The van der Waals surface area contributed by atoms with Gasteiger partial charge in [0.2, 0.25) is 18.5 Å². The molecule has 0 bridgehead atoms. The van der Waals surface area contributed by atoms with Crippen LogP contribution in [0.2, 0.25) is 0 Å². The molecule has 2 aliphatic heterocycles. The van der Waals surface area contributed by atoms with Gasteiger partial charge in [-0.15, -0.1) is 0 Å². The van der Waals surface area contributed by atoms with E-state index in [2.05, 4.69) is 15.2 Å². The molecular weight excluding hydrogens is 442 g/mol. The Kier molecular flexibility index (Phi) is 5.51. The Morgan fingerprint density at radius 2 is 1.76 bits per heavy atom. The summed E-state index contributed by atoms with van der Waals surface area (Å²) in [5, 5.41) is 3.77. The third kappa shape index (κ3) is 4.29. The van der Waals surface area contributed by atoms with Crippen LogP contribution in [0.5, 0.6) is 11.5 Å². The lowest BCUT2D eigenvalue weighted by Gasteiger charge is -2.35. The molecule has 1 saturated heterocycles. The van der Waals surface area contributed by atoms with E-state index in [-0.39, 0.29) is 24.3 Å². The lowest BCUT2D eigenvalue weighted by atomic mass is 10.1. The molecule has 3 N–H and O–H groups in total. The van der Waals surface area contributed by atoms with Crippen molar-refractivity contribution < 1.29 is 19.1 Å². The molecule has 2 aliphatic rings. The van der Waals surface area contributed by atoms with Gasteiger partial charge in [0, 0.05) is 50.0 Å². The van der Waals surface area contributed by atoms with Crippen molar-refractivity contribution >= 4 is 45.4 Å². The number of nitrogens with one attached hydrogen (secondary N) is 1. The van der Waals surface area contributed by atoms with Crippen LogP contribution in [0.4, 0.5) is 22.3 Å². The van der Waals surface area contributed by atoms with Crippen LogP contribution < -0.4 is 25.4 Å². The van der Waals surface area contributed by atoms with Gasteiger partial charge < -0.3 is 30.3 Å². The SMILES string of the molecule is CC(=O)N1CCN(c2ccc(Nc3nc(N)c(C(=O)c4ccc5c(c4)OCO5)s3)cc2)CC1. The number of nitrogens with two attached hydrogens (primary N) is 1. The molecular formula is C23H23N5O4S. The number of hydrogen-bond donors (Lipinski definition) is 2. The fourth-order valence-electron chi connectivity index (χ4n) is 3.88. The fourth-order valence-corrected chi connectivity index (χ4v) is 4.74. The molecule has 0 aliphatic carbocycles. The monoisotopic (exact) mass is 465 g/mol. The maximum Gasteiger partial charge on any atom is 0.231 e. The molecule has 3 heterocycles. The number of hydrogen-bond acceptors (Lipinski definition) is 9. The molecule has 3 aromatic rings. The largest absolute Gasteiger partial charge is 0.454 e. The summed E-state index contributed by atoms with van der Waals surface area (Å²) in [6.45, 7) is 4.83. The number of nitrogen functional groups attached to an aromatic ring is 1. The molecule has 33 heavy (non-hydrogen) atoms. The van der Waals surface area contributed by atoms with Gasteiger partial charge in [-0.25, -0.2) is 4.98 Å². The number of ketones is 1. The van der Waals surface area contributed by atoms with Crippen molar-refractivity contribution in [2.75, 3.05) is 48.9 Å². The normalized spacial score (nSPS) is 14.9. The van der Waals surface area contributed by atoms with Crippen LogP contribution >= 0.6 is 11.3 Å². The van der Waals surface area contributed by atoms with Crippen molar-refractivity contribution in [3.05, 3.63) is 52.9 Å². The highest BCUT2D eigenvalue weighted by atomic mass is 32.1. The maximum atomic E-state index is 13.0. The molecule has 1 fully saturated rings. The van der Waals surface area contributed by atoms with E-state index in [0.717, 1.165) is 37.6 Å². The van der Waals surface area contributed by atoms with Crippen molar-refractivity contribution in [3.63, 3.8) is 0 Å². The highest BCUT2D eigenvalue weighted by molar-refractivity contribution is 7.18. The quantitative estimate of drug-likeness (QED) is 0.553. The number of carbonyl (C=O) groups excluding carboxylic acids is 2. The number of anilines is 4. The first kappa shape index (κ1) is 21.1. The topological polar surface area (TPSA) is 110 Å². The number of piperazine rings is 1. The van der Waals surface area contributed by atoms with E-state index in [1.54, 1.807) is 25.1 Å². The van der Waals surface area contributed by atoms with Crippen molar-refractivity contribution in [1.82, 2.24) is 9.88 Å². The zero-order chi connectivity index (χ0) is 22.9. The molecule has 0 spiro atoms. The van der Waals surface area contributed by atoms with Crippen LogP contribution in [0.15, 0.2) is 42.5 Å². The van der Waals surface area contributed by atoms with Gasteiger partial charge in [-0.05, 0) is 42.5 Å². The van der Waals surface area contributed by atoms with Crippen LogP contribution in [0.3, 0.4) is 0 Å². The van der Waals surface area contributed by atoms with Gasteiger partial charge in [-0.2, -0.15) is 0 Å². The number of benzene rings is 2. The minimum Gasteiger partial charge on any atom is -0.454 e. The molecule has 0 unspecified atom stereocenters. The second-order valence-electron chi connectivity index (χ2n) is 7.80. The molecule has 10 heteroatoms. The van der Waals surface area contributed by atoms with Gasteiger partial charge in [0.1, 0.15) is 10.7 Å². The Morgan fingerprint density at radius 3 is 2.48 bits per heavy atom. The van der Waals surface area contributed by atoms with E-state index in [1.807, 2.05) is 29.2 Å². The number of amides is 1. The molecule has 1 amide bonds. The number of rotatable bonds is 5. The Hall–Kier alpha value is -3.79. The summed E-state index contributed by atoms with van der Waals surface area (Å²) in [6.07, 6.45) is 0. The van der Waals surface area contributed by atoms with Crippen molar-refractivity contribution in [2.45, 2.75) is 6.92 Å². The molecule has 1 aromatic heterocycles. The van der Waals surface area contributed by atoms with Crippen LogP contribution in [0.25, 0.3) is 0 Å². The van der Waals surface area contributed by atoms with Crippen LogP contribution in [-0.4, -0.2) is 54.5 Å². The summed E-state index contributed by atoms with van der Waals surface area (Å²) in [4.78, 5) is 33.3. The number of nitrogens with zero attached hydrogens (tertiary/aromatic N) is 3. The van der Waals surface area contributed by atoms with Crippen LogP contribution in [0, 0.1) is 0 Å². The lowest BCUT2D eigenvalue weighted by Crippen LogP contribution is -2.48. The zero-order valence-electron chi connectivity index (χ0n) is 18.0. The van der Waals surface area contributed by atoms with Gasteiger partial charge in [0.05, 0.1) is 0 Å². The molecule has 170 valence electrons. The van der Waals surface area contributed by atoms with E-state index in [1.165, 1.54) is 11.3 Å². The Balaban J connectivity index is 1.25. The highest BCUT2D eigenvalue weighted by Crippen LogP contribution is 2.35. The number of thiazole rings is 1. The number of fused-ring (bicyclic) bond motifs is 1. The average Bonchev–Trinajstić information content (AvgIpc) is 3.44. The lowest BCUT2D eigenvalue weighted by molar-refractivity contribution is -0.129. The first-order chi connectivity index (χ1) is 16.0. The first-order valence-electron chi connectivity index (χ1n) is 10.6. The third-order valence-electron chi connectivity index (χ3n) is 5.70. The van der Waals surface area contributed by atoms with E-state index >= 15 is 0 Å². The number of carbonyl (C=O) groups is 2. The van der Waals surface area contributed by atoms with Gasteiger partial charge in [-0.1, -0.05) is 11.3 Å². The van der Waals surface area contributed by atoms with Gasteiger partial charge in [-0.3, -0.25) is 9.59 Å². The third-order valence-corrected chi connectivity index (χ3v) is 6.69. The second kappa shape index (κ2) is 8.62. The smallest absolute Gasteiger partial charge is 0.231 e. The summed E-state index contributed by atoms with van der Waals surface area (Å²) < 4.78 is 10.7. The standard InChI is InChI=1S/C23H23N5O4S/c1-14(29)27-8-10-28(11-9-27)17-5-3-16(4-6-17)25-23-26-22(24)21(33-23)20(30)15-2-7-18-19(12-15)32-13-31-18/h2-7,12H,8-11,13,24H2,1H3,(H,25,26). The van der Waals surface area contributed by atoms with Crippen molar-refractivity contribution in [3.8, 4) is 11.5 Å². The average molecular weight is 466 g/mol. The van der Waals surface area contributed by atoms with Crippen LogP contribution in [-0.2, 0) is 4.79 Å². The number of ether oxygens (including phenoxy) is 2. The molecule has 2 aromatic carbocycles. The summed E-state index contributed by atoms with van der Waals surface area (Å²) in [5.41, 5.74) is 8.46. The van der Waals surface area contributed by atoms with Gasteiger partial charge >= 0.3 is 0 Å².